The smallest absolute Gasteiger partial charge is 0.331 e. The SMILES string of the molecule is COc1nc(Br)ccc1/C=C/C(=O)OC(C)(C)C. The maximum Gasteiger partial charge on any atom is 0.331 e. The maximum absolute atomic E-state index is 11.5. The first-order valence-corrected chi connectivity index (χ1v) is 6.23. The van der Waals surface area contributed by atoms with Crippen LogP contribution < -0.4 is 4.74 Å². The average Bonchev–Trinajstić information content (AvgIpc) is 2.24. The number of halogens is 1. The Morgan fingerprint density at radius 1 is 1.39 bits per heavy atom. The van der Waals surface area contributed by atoms with Crippen molar-refractivity contribution in [1.82, 2.24) is 4.98 Å². The van der Waals surface area contributed by atoms with Crippen molar-refractivity contribution in [1.29, 1.82) is 0 Å². The molecule has 1 aromatic rings. The van der Waals surface area contributed by atoms with Crippen molar-refractivity contribution >= 4 is 28.0 Å². The van der Waals surface area contributed by atoms with Crippen LogP contribution in [-0.4, -0.2) is 23.7 Å². The van der Waals surface area contributed by atoms with E-state index in [0.717, 1.165) is 0 Å². The fourth-order valence-electron chi connectivity index (χ4n) is 1.21. The highest BCUT2D eigenvalue weighted by Crippen LogP contribution is 2.20. The summed E-state index contributed by atoms with van der Waals surface area (Å²) < 4.78 is 11.0. The summed E-state index contributed by atoms with van der Waals surface area (Å²) in [6.45, 7) is 5.46. The van der Waals surface area contributed by atoms with E-state index in [1.807, 2.05) is 20.8 Å². The minimum Gasteiger partial charge on any atom is -0.481 e. The van der Waals surface area contributed by atoms with E-state index in [2.05, 4.69) is 20.9 Å². The number of nitrogens with zero attached hydrogens (tertiary/aromatic N) is 1. The molecule has 98 valence electrons. The highest BCUT2D eigenvalue weighted by molar-refractivity contribution is 9.10. The largest absolute Gasteiger partial charge is 0.481 e. The summed E-state index contributed by atoms with van der Waals surface area (Å²) in [4.78, 5) is 15.7. The first kappa shape index (κ1) is 14.7. The summed E-state index contributed by atoms with van der Waals surface area (Å²) in [6, 6.07) is 3.58. The van der Waals surface area contributed by atoms with Crippen LogP contribution in [0.4, 0.5) is 0 Å². The third kappa shape index (κ3) is 4.87. The van der Waals surface area contributed by atoms with Crippen LogP contribution in [0, 0.1) is 0 Å². The molecule has 1 rings (SSSR count). The lowest BCUT2D eigenvalue weighted by Crippen LogP contribution is -2.22. The van der Waals surface area contributed by atoms with Gasteiger partial charge in [-0.3, -0.25) is 0 Å². The molecule has 4 nitrogen and oxygen atoms in total. The van der Waals surface area contributed by atoms with Crippen molar-refractivity contribution in [3.05, 3.63) is 28.4 Å². The molecule has 0 amide bonds. The molecule has 0 saturated heterocycles. The molecule has 1 heterocycles. The monoisotopic (exact) mass is 313 g/mol. The molecule has 0 fully saturated rings. The second-order valence-electron chi connectivity index (χ2n) is 4.60. The third-order valence-electron chi connectivity index (χ3n) is 1.85. The molecule has 0 spiro atoms. The van der Waals surface area contributed by atoms with Crippen LogP contribution >= 0.6 is 15.9 Å². The van der Waals surface area contributed by atoms with E-state index in [0.29, 0.717) is 16.0 Å². The zero-order valence-corrected chi connectivity index (χ0v) is 12.4. The van der Waals surface area contributed by atoms with Crippen molar-refractivity contribution in [2.75, 3.05) is 7.11 Å². The van der Waals surface area contributed by atoms with Gasteiger partial charge in [-0.25, -0.2) is 9.78 Å². The van der Waals surface area contributed by atoms with Crippen molar-refractivity contribution < 1.29 is 14.3 Å². The Morgan fingerprint density at radius 3 is 2.61 bits per heavy atom. The lowest BCUT2D eigenvalue weighted by atomic mass is 10.2. The zero-order valence-electron chi connectivity index (χ0n) is 10.9. The molecule has 0 aromatic carbocycles. The van der Waals surface area contributed by atoms with Gasteiger partial charge in [0.1, 0.15) is 10.2 Å². The molecular weight excluding hydrogens is 298 g/mol. The summed E-state index contributed by atoms with van der Waals surface area (Å²) in [5.74, 6) is 0.0525. The van der Waals surface area contributed by atoms with Crippen molar-refractivity contribution in [2.24, 2.45) is 0 Å². The molecule has 0 saturated carbocycles. The van der Waals surface area contributed by atoms with Gasteiger partial charge in [-0.2, -0.15) is 0 Å². The minimum absolute atomic E-state index is 0.396. The predicted octanol–water partition coefficient (Wildman–Crippen LogP) is 3.21. The molecule has 0 aliphatic rings. The number of pyridine rings is 1. The average molecular weight is 314 g/mol. The zero-order chi connectivity index (χ0) is 13.8. The molecule has 0 aliphatic heterocycles. The lowest BCUT2D eigenvalue weighted by Gasteiger charge is -2.17. The van der Waals surface area contributed by atoms with Crippen molar-refractivity contribution in [2.45, 2.75) is 26.4 Å². The third-order valence-corrected chi connectivity index (χ3v) is 2.30. The summed E-state index contributed by atoms with van der Waals surface area (Å²) in [5, 5.41) is 0. The molecule has 0 N–H and O–H groups in total. The number of rotatable bonds is 3. The van der Waals surface area contributed by atoms with Gasteiger partial charge in [0.25, 0.3) is 0 Å². The quantitative estimate of drug-likeness (QED) is 0.488. The van der Waals surface area contributed by atoms with Gasteiger partial charge in [0.15, 0.2) is 0 Å². The van der Waals surface area contributed by atoms with E-state index in [-0.39, 0.29) is 0 Å². The van der Waals surface area contributed by atoms with E-state index in [9.17, 15) is 4.79 Å². The highest BCUT2D eigenvalue weighted by atomic mass is 79.9. The van der Waals surface area contributed by atoms with E-state index in [1.165, 1.54) is 13.2 Å². The number of carbonyl (C=O) groups is 1. The van der Waals surface area contributed by atoms with Gasteiger partial charge >= 0.3 is 5.97 Å². The van der Waals surface area contributed by atoms with Crippen LogP contribution in [-0.2, 0) is 9.53 Å². The highest BCUT2D eigenvalue weighted by Gasteiger charge is 2.14. The molecule has 0 atom stereocenters. The molecule has 0 radical (unpaired) electrons. The summed E-state index contributed by atoms with van der Waals surface area (Å²) in [7, 11) is 1.53. The van der Waals surface area contributed by atoms with E-state index < -0.39 is 11.6 Å². The molecule has 5 heteroatoms. The fraction of sp³-hybridized carbons (Fsp3) is 0.385. The molecular formula is C13H16BrNO3. The first-order chi connectivity index (χ1) is 8.31. The van der Waals surface area contributed by atoms with Crippen molar-refractivity contribution in [3.8, 4) is 5.88 Å². The lowest BCUT2D eigenvalue weighted by molar-refractivity contribution is -0.148. The number of ether oxygens (including phenoxy) is 2. The predicted molar refractivity (Wildman–Crippen MR) is 73.4 cm³/mol. The molecule has 18 heavy (non-hydrogen) atoms. The fourth-order valence-corrected chi connectivity index (χ4v) is 1.51. The number of hydrogen-bond donors (Lipinski definition) is 0. The Balaban J connectivity index is 2.81. The van der Waals surface area contributed by atoms with Gasteiger partial charge in [0.2, 0.25) is 5.88 Å². The van der Waals surface area contributed by atoms with Gasteiger partial charge in [0.05, 0.1) is 7.11 Å². The van der Waals surface area contributed by atoms with Crippen molar-refractivity contribution in [3.63, 3.8) is 0 Å². The minimum atomic E-state index is -0.497. The molecule has 0 unspecified atom stereocenters. The maximum atomic E-state index is 11.5. The van der Waals surface area contributed by atoms with E-state index in [4.69, 9.17) is 9.47 Å². The van der Waals surface area contributed by atoms with Crippen LogP contribution in [0.15, 0.2) is 22.8 Å². The van der Waals surface area contributed by atoms with Crippen LogP contribution in [0.2, 0.25) is 0 Å². The van der Waals surface area contributed by atoms with Crippen LogP contribution in [0.1, 0.15) is 26.3 Å². The van der Waals surface area contributed by atoms with Crippen LogP contribution in [0.25, 0.3) is 6.08 Å². The second kappa shape index (κ2) is 6.00. The van der Waals surface area contributed by atoms with Crippen LogP contribution in [0.5, 0.6) is 5.88 Å². The Bertz CT molecular complexity index is 464. The summed E-state index contributed by atoms with van der Waals surface area (Å²) in [6.07, 6.45) is 2.98. The number of carbonyl (C=O) groups excluding carboxylic acids is 1. The van der Waals surface area contributed by atoms with Gasteiger partial charge < -0.3 is 9.47 Å². The van der Waals surface area contributed by atoms with Gasteiger partial charge in [0, 0.05) is 11.6 Å². The molecule has 0 aliphatic carbocycles. The Kier molecular flexibility index (Phi) is 4.90. The number of methoxy groups -OCH3 is 1. The first-order valence-electron chi connectivity index (χ1n) is 5.43. The Morgan fingerprint density at radius 2 is 2.06 bits per heavy atom. The summed E-state index contributed by atoms with van der Waals surface area (Å²) >= 11 is 3.25. The number of hydrogen-bond acceptors (Lipinski definition) is 4. The van der Waals surface area contributed by atoms with Crippen LogP contribution in [0.3, 0.4) is 0 Å². The Labute approximate surface area is 115 Å². The van der Waals surface area contributed by atoms with Gasteiger partial charge in [-0.1, -0.05) is 0 Å². The van der Waals surface area contributed by atoms with Gasteiger partial charge in [-0.15, -0.1) is 0 Å². The van der Waals surface area contributed by atoms with E-state index in [1.54, 1.807) is 18.2 Å². The normalized spacial score (nSPS) is 11.6. The number of esters is 1. The Hall–Kier alpha value is -1.36. The molecule has 0 bridgehead atoms. The second-order valence-corrected chi connectivity index (χ2v) is 5.41. The summed E-state index contributed by atoms with van der Waals surface area (Å²) in [5.41, 5.74) is 0.218. The van der Waals surface area contributed by atoms with Gasteiger partial charge in [-0.05, 0) is 54.9 Å². The van der Waals surface area contributed by atoms with E-state index >= 15 is 0 Å². The molecule has 1 aromatic heterocycles. The standard InChI is InChI=1S/C13H16BrNO3/c1-13(2,3)18-11(16)8-6-9-5-7-10(14)15-12(9)17-4/h5-8H,1-4H3/b8-6+. The number of aromatic nitrogens is 1. The topological polar surface area (TPSA) is 48.4 Å².